The molecule has 0 aliphatic carbocycles. The van der Waals surface area contributed by atoms with Gasteiger partial charge in [0.15, 0.2) is 0 Å². The van der Waals surface area contributed by atoms with Crippen molar-refractivity contribution in [2.45, 2.75) is 18.7 Å². The van der Waals surface area contributed by atoms with Gasteiger partial charge in [-0.3, -0.25) is 4.79 Å². The van der Waals surface area contributed by atoms with E-state index in [1.165, 1.54) is 11.8 Å². The van der Waals surface area contributed by atoms with Gasteiger partial charge in [-0.25, -0.2) is 9.78 Å². The summed E-state index contributed by atoms with van der Waals surface area (Å²) in [5.41, 5.74) is 0. The molecule has 1 heterocycles. The van der Waals surface area contributed by atoms with Crippen LogP contribution in [0.25, 0.3) is 0 Å². The predicted molar refractivity (Wildman–Crippen MR) is 63.6 cm³/mol. The van der Waals surface area contributed by atoms with Crippen LogP contribution in [0.4, 0.5) is 0 Å². The molecule has 16 heavy (non-hydrogen) atoms. The van der Waals surface area contributed by atoms with E-state index >= 15 is 0 Å². The third kappa shape index (κ3) is 4.19. The van der Waals surface area contributed by atoms with Gasteiger partial charge >= 0.3 is 5.97 Å². The lowest BCUT2D eigenvalue weighted by atomic mass is 10.3. The number of thiazole rings is 1. The van der Waals surface area contributed by atoms with E-state index in [2.05, 4.69) is 10.3 Å². The Hall–Kier alpha value is -1.08. The monoisotopic (exact) mass is 260 g/mol. The standard InChI is InChI=1S/C9H12N2O3S2/c1-6-10-2-7(16-6)3-15-4-8(9(13)14)11-5-12/h2,5,8H,3-4H2,1H3,(H,11,12)(H,13,14). The van der Waals surface area contributed by atoms with Crippen LogP contribution in [0, 0.1) is 6.92 Å². The van der Waals surface area contributed by atoms with Gasteiger partial charge < -0.3 is 10.4 Å². The highest BCUT2D eigenvalue weighted by molar-refractivity contribution is 7.98. The number of carbonyl (C=O) groups is 2. The van der Waals surface area contributed by atoms with Crippen molar-refractivity contribution in [3.8, 4) is 0 Å². The summed E-state index contributed by atoms with van der Waals surface area (Å²) in [5.74, 6) is 0.0565. The van der Waals surface area contributed by atoms with Gasteiger partial charge in [0.2, 0.25) is 6.41 Å². The van der Waals surface area contributed by atoms with Gasteiger partial charge in [0, 0.05) is 22.6 Å². The molecule has 7 heteroatoms. The molecule has 1 amide bonds. The Labute approximate surface area is 101 Å². The zero-order valence-electron chi connectivity index (χ0n) is 8.67. The predicted octanol–water partition coefficient (Wildman–Crippen LogP) is 0.884. The number of aromatic nitrogens is 1. The van der Waals surface area contributed by atoms with Crippen molar-refractivity contribution >= 4 is 35.5 Å². The molecule has 1 atom stereocenters. The quantitative estimate of drug-likeness (QED) is 0.712. The summed E-state index contributed by atoms with van der Waals surface area (Å²) < 4.78 is 0. The summed E-state index contributed by atoms with van der Waals surface area (Å²) in [6, 6.07) is -0.823. The number of rotatable bonds is 7. The summed E-state index contributed by atoms with van der Waals surface area (Å²) in [6.45, 7) is 1.92. The van der Waals surface area contributed by atoms with Crippen LogP contribution in [0.5, 0.6) is 0 Å². The first kappa shape index (κ1) is 13.0. The van der Waals surface area contributed by atoms with Gasteiger partial charge in [-0.15, -0.1) is 11.3 Å². The average molecular weight is 260 g/mol. The Morgan fingerprint density at radius 1 is 1.81 bits per heavy atom. The van der Waals surface area contributed by atoms with E-state index in [1.807, 2.05) is 6.92 Å². The number of hydrogen-bond donors (Lipinski definition) is 2. The minimum atomic E-state index is -1.01. The lowest BCUT2D eigenvalue weighted by molar-refractivity contribution is -0.139. The van der Waals surface area contributed by atoms with E-state index in [9.17, 15) is 9.59 Å². The number of amides is 1. The van der Waals surface area contributed by atoms with Gasteiger partial charge in [0.05, 0.1) is 5.01 Å². The molecule has 1 rings (SSSR count). The second kappa shape index (κ2) is 6.49. The van der Waals surface area contributed by atoms with Crippen LogP contribution in [0.1, 0.15) is 9.88 Å². The molecule has 0 fully saturated rings. The number of carboxylic acid groups (broad SMARTS) is 1. The van der Waals surface area contributed by atoms with E-state index in [-0.39, 0.29) is 0 Å². The van der Waals surface area contributed by atoms with Gasteiger partial charge in [-0.1, -0.05) is 0 Å². The minimum absolute atomic E-state index is 0.352. The SMILES string of the molecule is Cc1ncc(CSCC(NC=O)C(=O)O)s1. The second-order valence-electron chi connectivity index (χ2n) is 3.04. The maximum atomic E-state index is 10.7. The fourth-order valence-electron chi connectivity index (χ4n) is 1.02. The van der Waals surface area contributed by atoms with E-state index in [0.717, 1.165) is 15.6 Å². The normalized spacial score (nSPS) is 12.1. The van der Waals surface area contributed by atoms with Crippen LogP contribution in [0.2, 0.25) is 0 Å². The molecule has 5 nitrogen and oxygen atoms in total. The highest BCUT2D eigenvalue weighted by Crippen LogP contribution is 2.18. The number of aliphatic carboxylic acids is 1. The van der Waals surface area contributed by atoms with Gasteiger partial charge in [0.1, 0.15) is 6.04 Å². The number of aryl methyl sites for hydroxylation is 1. The van der Waals surface area contributed by atoms with Crippen LogP contribution in [0.15, 0.2) is 6.20 Å². The largest absolute Gasteiger partial charge is 0.480 e. The highest BCUT2D eigenvalue weighted by Gasteiger charge is 2.15. The summed E-state index contributed by atoms with van der Waals surface area (Å²) in [4.78, 5) is 26.1. The van der Waals surface area contributed by atoms with Crippen molar-refractivity contribution in [1.82, 2.24) is 10.3 Å². The third-order valence-corrected chi connectivity index (χ3v) is 3.94. The van der Waals surface area contributed by atoms with E-state index in [0.29, 0.717) is 12.2 Å². The highest BCUT2D eigenvalue weighted by atomic mass is 32.2. The summed E-state index contributed by atoms with van der Waals surface area (Å²) in [7, 11) is 0. The third-order valence-electron chi connectivity index (χ3n) is 1.77. The first-order valence-corrected chi connectivity index (χ1v) is 6.52. The first-order valence-electron chi connectivity index (χ1n) is 4.55. The number of hydrogen-bond acceptors (Lipinski definition) is 5. The molecule has 0 aliphatic heterocycles. The molecule has 88 valence electrons. The zero-order chi connectivity index (χ0) is 12.0. The van der Waals surface area contributed by atoms with Crippen LogP contribution in [0.3, 0.4) is 0 Å². The molecule has 0 saturated carbocycles. The summed E-state index contributed by atoms with van der Waals surface area (Å²) in [5, 5.41) is 12.0. The van der Waals surface area contributed by atoms with Crippen molar-refractivity contribution in [2.75, 3.05) is 5.75 Å². The fraction of sp³-hybridized carbons (Fsp3) is 0.444. The molecule has 2 N–H and O–H groups in total. The summed E-state index contributed by atoms with van der Waals surface area (Å²) in [6.07, 6.45) is 2.20. The smallest absolute Gasteiger partial charge is 0.327 e. The summed E-state index contributed by atoms with van der Waals surface area (Å²) >= 11 is 3.06. The van der Waals surface area contributed by atoms with Crippen molar-refractivity contribution < 1.29 is 14.7 Å². The van der Waals surface area contributed by atoms with Crippen LogP contribution < -0.4 is 5.32 Å². The van der Waals surface area contributed by atoms with E-state index in [4.69, 9.17) is 5.11 Å². The molecule has 0 aliphatic rings. The van der Waals surface area contributed by atoms with E-state index in [1.54, 1.807) is 17.5 Å². The molecule has 0 bridgehead atoms. The number of carbonyl (C=O) groups excluding carboxylic acids is 1. The Kier molecular flexibility index (Phi) is 5.27. The Bertz CT molecular complexity index is 367. The van der Waals surface area contributed by atoms with Crippen LogP contribution >= 0.6 is 23.1 Å². The van der Waals surface area contributed by atoms with Crippen molar-refractivity contribution in [2.24, 2.45) is 0 Å². The first-order chi connectivity index (χ1) is 7.63. The van der Waals surface area contributed by atoms with E-state index < -0.39 is 12.0 Å². The lowest BCUT2D eigenvalue weighted by Crippen LogP contribution is -2.37. The number of carboxylic acids is 1. The molecular weight excluding hydrogens is 248 g/mol. The van der Waals surface area contributed by atoms with Crippen molar-refractivity contribution in [3.05, 3.63) is 16.1 Å². The topological polar surface area (TPSA) is 79.3 Å². The van der Waals surface area contributed by atoms with Gasteiger partial charge in [0.25, 0.3) is 0 Å². The van der Waals surface area contributed by atoms with Crippen molar-refractivity contribution in [3.63, 3.8) is 0 Å². The van der Waals surface area contributed by atoms with Gasteiger partial charge in [-0.2, -0.15) is 11.8 Å². The lowest BCUT2D eigenvalue weighted by Gasteiger charge is -2.09. The molecule has 0 saturated heterocycles. The zero-order valence-corrected chi connectivity index (χ0v) is 10.3. The second-order valence-corrected chi connectivity index (χ2v) is 5.39. The van der Waals surface area contributed by atoms with Crippen LogP contribution in [-0.2, 0) is 15.3 Å². The molecule has 0 aromatic carbocycles. The molecule has 0 radical (unpaired) electrons. The number of nitrogens with zero attached hydrogens (tertiary/aromatic N) is 1. The average Bonchev–Trinajstić information content (AvgIpc) is 2.63. The molecular formula is C9H12N2O3S2. The molecule has 0 spiro atoms. The van der Waals surface area contributed by atoms with Crippen LogP contribution in [-0.4, -0.2) is 34.3 Å². The molecule has 1 aromatic rings. The fourth-order valence-corrected chi connectivity index (χ4v) is 2.97. The molecule has 1 aromatic heterocycles. The minimum Gasteiger partial charge on any atom is -0.480 e. The van der Waals surface area contributed by atoms with Crippen molar-refractivity contribution in [1.29, 1.82) is 0 Å². The maximum Gasteiger partial charge on any atom is 0.327 e. The maximum absolute atomic E-state index is 10.7. The Balaban J connectivity index is 2.33. The number of nitrogens with one attached hydrogen (secondary N) is 1. The van der Waals surface area contributed by atoms with Gasteiger partial charge in [-0.05, 0) is 6.92 Å². The Morgan fingerprint density at radius 3 is 3.06 bits per heavy atom. The molecule has 1 unspecified atom stereocenters. The Morgan fingerprint density at radius 2 is 2.56 bits per heavy atom. The number of thioether (sulfide) groups is 1.